The summed E-state index contributed by atoms with van der Waals surface area (Å²) in [5.74, 6) is 0.0718. The van der Waals surface area contributed by atoms with Gasteiger partial charge >= 0.3 is 0 Å². The Bertz CT molecular complexity index is 1130. The second-order valence-corrected chi connectivity index (χ2v) is 9.40. The summed E-state index contributed by atoms with van der Waals surface area (Å²) in [6, 6.07) is 9.88. The van der Waals surface area contributed by atoms with E-state index in [1.165, 1.54) is 12.1 Å². The number of anilines is 1. The molecule has 0 saturated heterocycles. The van der Waals surface area contributed by atoms with Crippen LogP contribution >= 0.6 is 0 Å². The molecule has 2 unspecified atom stereocenters. The van der Waals surface area contributed by atoms with Crippen LogP contribution in [0.4, 0.5) is 10.1 Å². The lowest BCUT2D eigenvalue weighted by atomic mass is 10.00. The predicted molar refractivity (Wildman–Crippen MR) is 134 cm³/mol. The summed E-state index contributed by atoms with van der Waals surface area (Å²) >= 11 is 0. The number of nitrogens with zero attached hydrogens (tertiary/aromatic N) is 2. The number of carbonyl (C=O) groups excluding carboxylic acids is 1. The van der Waals surface area contributed by atoms with Crippen LogP contribution in [0, 0.1) is 5.82 Å². The maximum absolute atomic E-state index is 13.4. The van der Waals surface area contributed by atoms with Gasteiger partial charge in [0.05, 0.1) is 11.3 Å². The fourth-order valence-electron chi connectivity index (χ4n) is 4.24. The number of halogens is 1. The Morgan fingerprint density at radius 1 is 1.21 bits per heavy atom. The summed E-state index contributed by atoms with van der Waals surface area (Å²) < 4.78 is 33.8. The predicted octanol–water partition coefficient (Wildman–Crippen LogP) is 4.77. The Morgan fingerprint density at radius 2 is 1.88 bits per heavy atom. The van der Waals surface area contributed by atoms with Crippen molar-refractivity contribution < 1.29 is 17.8 Å². The van der Waals surface area contributed by atoms with E-state index in [4.69, 9.17) is 4.42 Å². The molecule has 1 aromatic heterocycles. The average molecular weight is 474 g/mol. The molecule has 1 aliphatic heterocycles. The Hall–Kier alpha value is -2.55. The van der Waals surface area contributed by atoms with Gasteiger partial charge in [0, 0.05) is 42.4 Å². The van der Waals surface area contributed by atoms with Crippen LogP contribution in [0.3, 0.4) is 0 Å². The quantitative estimate of drug-likeness (QED) is 0.541. The molecule has 0 radical (unpaired) electrons. The number of hydrogen-bond donors (Lipinski definition) is 1. The number of furan rings is 1. The zero-order valence-corrected chi connectivity index (χ0v) is 20.7. The zero-order chi connectivity index (χ0) is 24.1. The highest BCUT2D eigenvalue weighted by atomic mass is 32.2. The molecular formula is C25H32FN3O3S. The SMILES string of the molecule is CCCN1CCN(S(C)=O)c2cc3oc(-c4ccc(F)cc4)c(C=O)c3cc2C1C.CNC. The van der Waals surface area contributed by atoms with E-state index in [-0.39, 0.29) is 11.9 Å². The van der Waals surface area contributed by atoms with Gasteiger partial charge in [0.2, 0.25) is 0 Å². The first-order chi connectivity index (χ1) is 15.9. The van der Waals surface area contributed by atoms with Crippen LogP contribution in [0.5, 0.6) is 0 Å². The van der Waals surface area contributed by atoms with Gasteiger partial charge in [-0.05, 0) is 69.9 Å². The van der Waals surface area contributed by atoms with Crippen LogP contribution in [0.25, 0.3) is 22.3 Å². The smallest absolute Gasteiger partial charge is 0.154 e. The third-order valence-corrected chi connectivity index (χ3v) is 6.78. The molecule has 0 fully saturated rings. The van der Waals surface area contributed by atoms with Gasteiger partial charge < -0.3 is 9.73 Å². The van der Waals surface area contributed by atoms with E-state index in [2.05, 4.69) is 24.1 Å². The molecule has 6 nitrogen and oxygen atoms in total. The lowest BCUT2D eigenvalue weighted by molar-refractivity contribution is 0.112. The van der Waals surface area contributed by atoms with Crippen molar-refractivity contribution in [2.75, 3.05) is 44.3 Å². The second-order valence-electron chi connectivity index (χ2n) is 8.11. The molecular weight excluding hydrogens is 441 g/mol. The molecule has 33 heavy (non-hydrogen) atoms. The van der Waals surface area contributed by atoms with Crippen molar-refractivity contribution in [2.45, 2.75) is 26.3 Å². The van der Waals surface area contributed by atoms with Crippen LogP contribution in [0.15, 0.2) is 40.8 Å². The van der Waals surface area contributed by atoms with E-state index >= 15 is 0 Å². The van der Waals surface area contributed by atoms with Gasteiger partial charge in [-0.3, -0.25) is 14.0 Å². The van der Waals surface area contributed by atoms with Crippen molar-refractivity contribution in [3.63, 3.8) is 0 Å². The summed E-state index contributed by atoms with van der Waals surface area (Å²) in [4.78, 5) is 14.4. The second kappa shape index (κ2) is 11.0. The van der Waals surface area contributed by atoms with Gasteiger partial charge in [0.25, 0.3) is 0 Å². The first kappa shape index (κ1) is 25.1. The highest BCUT2D eigenvalue weighted by Gasteiger charge is 2.29. The number of nitrogens with one attached hydrogen (secondary N) is 1. The van der Waals surface area contributed by atoms with Gasteiger partial charge in [0.1, 0.15) is 28.1 Å². The van der Waals surface area contributed by atoms with Crippen LogP contribution in [-0.2, 0) is 11.0 Å². The maximum atomic E-state index is 13.4. The van der Waals surface area contributed by atoms with Crippen molar-refractivity contribution in [3.8, 4) is 11.3 Å². The highest BCUT2D eigenvalue weighted by Crippen LogP contribution is 2.41. The van der Waals surface area contributed by atoms with E-state index in [0.29, 0.717) is 29.0 Å². The molecule has 178 valence electrons. The third-order valence-electron chi connectivity index (χ3n) is 5.78. The molecule has 0 spiro atoms. The minimum Gasteiger partial charge on any atom is -0.455 e. The summed E-state index contributed by atoms with van der Waals surface area (Å²) in [6.07, 6.45) is 3.49. The molecule has 0 amide bonds. The fraction of sp³-hybridized carbons (Fsp3) is 0.400. The first-order valence-corrected chi connectivity index (χ1v) is 12.6. The fourth-order valence-corrected chi connectivity index (χ4v) is 5.01. The number of benzene rings is 2. The molecule has 0 bridgehead atoms. The summed E-state index contributed by atoms with van der Waals surface area (Å²) in [5.41, 5.74) is 3.54. The van der Waals surface area contributed by atoms with Crippen molar-refractivity contribution in [2.24, 2.45) is 0 Å². The molecule has 1 aliphatic rings. The molecule has 8 heteroatoms. The first-order valence-electron chi connectivity index (χ1n) is 11.1. The van der Waals surface area contributed by atoms with Gasteiger partial charge in [-0.25, -0.2) is 8.60 Å². The number of hydrogen-bond acceptors (Lipinski definition) is 5. The standard InChI is InChI=1S/C23H25FN2O3S.C2H7N/c1-4-9-25-10-11-26(30(3)28)21-13-22-19(12-18(21)15(25)2)20(14-27)23(29-22)16-5-7-17(24)8-6-16;1-3-2/h5-8,12-15H,4,9-11H2,1-3H3;3H,1-2H3. The molecule has 0 saturated carbocycles. The number of aldehydes is 1. The lowest BCUT2D eigenvalue weighted by Crippen LogP contribution is -2.33. The maximum Gasteiger partial charge on any atom is 0.154 e. The van der Waals surface area contributed by atoms with Gasteiger partial charge in [0.15, 0.2) is 6.29 Å². The Labute approximate surface area is 197 Å². The molecule has 2 aromatic carbocycles. The minimum absolute atomic E-state index is 0.113. The van der Waals surface area contributed by atoms with E-state index in [0.717, 1.165) is 42.4 Å². The van der Waals surface area contributed by atoms with Crippen LogP contribution in [-0.4, -0.2) is 55.4 Å². The summed E-state index contributed by atoms with van der Waals surface area (Å²) in [7, 11) is 2.56. The highest BCUT2D eigenvalue weighted by molar-refractivity contribution is 7.85. The van der Waals surface area contributed by atoms with E-state index in [9.17, 15) is 13.4 Å². The van der Waals surface area contributed by atoms with E-state index in [1.54, 1.807) is 18.4 Å². The van der Waals surface area contributed by atoms with Crippen LogP contribution in [0.2, 0.25) is 0 Å². The Morgan fingerprint density at radius 3 is 2.45 bits per heavy atom. The monoisotopic (exact) mass is 473 g/mol. The van der Waals surface area contributed by atoms with Crippen LogP contribution in [0.1, 0.15) is 42.2 Å². The van der Waals surface area contributed by atoms with Gasteiger partial charge in [-0.2, -0.15) is 0 Å². The molecule has 2 atom stereocenters. The molecule has 3 aromatic rings. The topological polar surface area (TPSA) is 65.8 Å². The van der Waals surface area contributed by atoms with E-state index < -0.39 is 11.0 Å². The molecule has 4 rings (SSSR count). The van der Waals surface area contributed by atoms with Crippen molar-refractivity contribution in [1.82, 2.24) is 10.2 Å². The van der Waals surface area contributed by atoms with Gasteiger partial charge in [-0.15, -0.1) is 0 Å². The average Bonchev–Trinajstić information content (AvgIpc) is 3.09. The zero-order valence-electron chi connectivity index (χ0n) is 19.9. The normalized spacial score (nSPS) is 17.2. The molecule has 1 N–H and O–H groups in total. The number of rotatable bonds is 5. The summed E-state index contributed by atoms with van der Waals surface area (Å²) in [6.45, 7) is 6.69. The van der Waals surface area contributed by atoms with E-state index in [1.807, 2.05) is 30.5 Å². The minimum atomic E-state index is -1.19. The van der Waals surface area contributed by atoms with Crippen molar-refractivity contribution in [3.05, 3.63) is 53.3 Å². The van der Waals surface area contributed by atoms with Crippen LogP contribution < -0.4 is 9.62 Å². The largest absolute Gasteiger partial charge is 0.455 e. The number of carbonyl (C=O) groups is 1. The number of fused-ring (bicyclic) bond motifs is 2. The Balaban J connectivity index is 0.000000968. The van der Waals surface area contributed by atoms with Crippen molar-refractivity contribution in [1.29, 1.82) is 0 Å². The summed E-state index contributed by atoms with van der Waals surface area (Å²) in [5, 5.41) is 3.47. The molecule has 2 heterocycles. The Kier molecular flexibility index (Phi) is 8.40. The lowest BCUT2D eigenvalue weighted by Gasteiger charge is -2.26. The third kappa shape index (κ3) is 5.18. The van der Waals surface area contributed by atoms with Gasteiger partial charge in [-0.1, -0.05) is 6.92 Å². The molecule has 0 aliphatic carbocycles. The van der Waals surface area contributed by atoms with Crippen molar-refractivity contribution >= 4 is 33.9 Å².